The van der Waals surface area contributed by atoms with Gasteiger partial charge in [0.1, 0.15) is 0 Å². The molecule has 0 spiro atoms. The van der Waals surface area contributed by atoms with Gasteiger partial charge >= 0.3 is 0 Å². The van der Waals surface area contributed by atoms with Gasteiger partial charge in [0, 0.05) is 18.7 Å². The number of hydrogen-bond acceptors (Lipinski definition) is 5. The lowest BCUT2D eigenvalue weighted by Gasteiger charge is -2.22. The molecule has 0 atom stereocenters. The number of halogens is 2. The highest BCUT2D eigenvalue weighted by atomic mass is 35.5. The number of carbonyl (C=O) groups excluding carboxylic acids is 1. The number of sulfonamides is 1. The summed E-state index contributed by atoms with van der Waals surface area (Å²) < 4.78 is 27.1. The summed E-state index contributed by atoms with van der Waals surface area (Å²) in [6.45, 7) is 4.18. The third kappa shape index (κ3) is 5.05. The van der Waals surface area contributed by atoms with Crippen molar-refractivity contribution >= 4 is 50.5 Å². The van der Waals surface area contributed by atoms with Crippen LogP contribution in [-0.4, -0.2) is 36.6 Å². The number of benzene rings is 2. The molecule has 0 aromatic heterocycles. The van der Waals surface area contributed by atoms with Gasteiger partial charge in [-0.1, -0.05) is 36.2 Å². The Hall–Kier alpha value is -2.20. The Kier molecular flexibility index (Phi) is 7.23. The second-order valence-corrected chi connectivity index (χ2v) is 8.94. The summed E-state index contributed by atoms with van der Waals surface area (Å²) >= 11 is 12.0. The lowest BCUT2D eigenvalue weighted by atomic mass is 10.1. The number of likely N-dealkylation sites (N-methyl/N-ethyl adjacent to an activating group) is 1. The highest BCUT2D eigenvalue weighted by Gasteiger charge is 2.29. The zero-order valence-corrected chi connectivity index (χ0v) is 18.2. The van der Waals surface area contributed by atoms with Crippen molar-refractivity contribution in [2.45, 2.75) is 25.7 Å². The van der Waals surface area contributed by atoms with Crippen LogP contribution in [0.4, 0.5) is 11.4 Å². The normalized spacial score (nSPS) is 11.5. The number of hydrogen-bond donors (Lipinski definition) is 1. The van der Waals surface area contributed by atoms with Gasteiger partial charge in [-0.05, 0) is 37.1 Å². The molecule has 156 valence electrons. The average Bonchev–Trinajstić information content (AvgIpc) is 2.64. The summed E-state index contributed by atoms with van der Waals surface area (Å²) in [7, 11) is -4.17. The van der Waals surface area contributed by atoms with E-state index in [0.717, 1.165) is 10.4 Å². The fourth-order valence-corrected chi connectivity index (χ4v) is 4.86. The number of non-ortho nitro benzene ring substituents is 1. The van der Waals surface area contributed by atoms with Crippen LogP contribution in [0.1, 0.15) is 18.1 Å². The van der Waals surface area contributed by atoms with Crippen molar-refractivity contribution in [2.24, 2.45) is 0 Å². The summed E-state index contributed by atoms with van der Waals surface area (Å²) in [5.74, 6) is -0.648. The first kappa shape index (κ1) is 23.1. The molecule has 0 aliphatic heterocycles. The third-order valence-electron chi connectivity index (χ3n) is 4.33. The van der Waals surface area contributed by atoms with Crippen molar-refractivity contribution in [3.05, 3.63) is 61.6 Å². The zero-order chi connectivity index (χ0) is 21.9. The van der Waals surface area contributed by atoms with Gasteiger partial charge < -0.3 is 5.32 Å². The molecule has 29 heavy (non-hydrogen) atoms. The molecule has 1 amide bonds. The molecule has 0 aliphatic rings. The molecule has 1 N–H and O–H groups in total. The van der Waals surface area contributed by atoms with Gasteiger partial charge in [0.15, 0.2) is 0 Å². The van der Waals surface area contributed by atoms with E-state index >= 15 is 0 Å². The number of para-hydroxylation sites is 1. The van der Waals surface area contributed by atoms with Crippen molar-refractivity contribution in [2.75, 3.05) is 18.4 Å². The summed E-state index contributed by atoms with van der Waals surface area (Å²) in [5.41, 5.74) is 0.677. The molecule has 0 saturated heterocycles. The minimum absolute atomic E-state index is 0.0206. The molecule has 11 heteroatoms. The number of nitro benzene ring substituents is 1. The maximum atomic E-state index is 13.1. The van der Waals surface area contributed by atoms with Crippen LogP contribution in [0, 0.1) is 24.0 Å². The Balaban J connectivity index is 2.36. The smallest absolute Gasteiger partial charge is 0.271 e. The molecule has 2 rings (SSSR count). The molecule has 0 bridgehead atoms. The fourth-order valence-electron chi connectivity index (χ4n) is 2.64. The van der Waals surface area contributed by atoms with Gasteiger partial charge in [-0.3, -0.25) is 14.9 Å². The molecule has 0 saturated carbocycles. The van der Waals surface area contributed by atoms with E-state index in [1.807, 2.05) is 0 Å². The number of rotatable bonds is 7. The second-order valence-electron chi connectivity index (χ2n) is 6.22. The Morgan fingerprint density at radius 3 is 2.31 bits per heavy atom. The van der Waals surface area contributed by atoms with Crippen molar-refractivity contribution in [1.82, 2.24) is 4.31 Å². The predicted molar refractivity (Wildman–Crippen MR) is 112 cm³/mol. The quantitative estimate of drug-likeness (QED) is 0.493. The summed E-state index contributed by atoms with van der Waals surface area (Å²) in [5, 5.41) is 14.1. The largest absolute Gasteiger partial charge is 0.322 e. The number of aryl methyl sites for hydroxylation is 1. The van der Waals surface area contributed by atoms with E-state index in [0.29, 0.717) is 11.1 Å². The molecule has 0 radical (unpaired) electrons. The van der Waals surface area contributed by atoms with E-state index in [1.165, 1.54) is 18.2 Å². The molecular weight excluding hydrogens is 441 g/mol. The van der Waals surface area contributed by atoms with E-state index in [2.05, 4.69) is 5.32 Å². The van der Waals surface area contributed by atoms with Crippen LogP contribution in [0.5, 0.6) is 0 Å². The van der Waals surface area contributed by atoms with Crippen molar-refractivity contribution in [3.8, 4) is 0 Å². The molecule has 2 aromatic carbocycles. The Bertz CT molecular complexity index is 1050. The zero-order valence-electron chi connectivity index (χ0n) is 15.9. The minimum Gasteiger partial charge on any atom is -0.322 e. The van der Waals surface area contributed by atoms with Crippen LogP contribution >= 0.6 is 23.2 Å². The first-order valence-corrected chi connectivity index (χ1v) is 10.7. The first-order chi connectivity index (χ1) is 13.5. The molecule has 0 heterocycles. The van der Waals surface area contributed by atoms with Gasteiger partial charge in [0.05, 0.1) is 32.1 Å². The van der Waals surface area contributed by atoms with Crippen LogP contribution in [0.2, 0.25) is 10.0 Å². The maximum absolute atomic E-state index is 13.1. The predicted octanol–water partition coefficient (Wildman–Crippen LogP) is 4.17. The monoisotopic (exact) mass is 459 g/mol. The number of nitrogens with one attached hydrogen (secondary N) is 1. The fraction of sp³-hybridized carbons (Fsp3) is 0.278. The van der Waals surface area contributed by atoms with Gasteiger partial charge in [-0.25, -0.2) is 8.42 Å². The van der Waals surface area contributed by atoms with Gasteiger partial charge in [-0.15, -0.1) is 0 Å². The van der Waals surface area contributed by atoms with Crippen LogP contribution in [-0.2, 0) is 14.8 Å². The molecular formula is C18H19Cl2N3O5S. The highest BCUT2D eigenvalue weighted by Crippen LogP contribution is 2.30. The number of amides is 1. The number of anilines is 1. The van der Waals surface area contributed by atoms with Crippen LogP contribution in [0.25, 0.3) is 0 Å². The van der Waals surface area contributed by atoms with Crippen molar-refractivity contribution < 1.29 is 18.1 Å². The standard InChI is InChI=1S/C18H19Cl2N3O5S/c1-4-22(10-17(24)21-18-14(19)6-5-7-15(18)20)29(27,28)16-9-13(23(25)26)8-11(2)12(16)3/h5-9H,4,10H2,1-3H3,(H,21,24). The average molecular weight is 460 g/mol. The number of nitrogens with zero attached hydrogens (tertiary/aromatic N) is 2. The second kappa shape index (κ2) is 9.08. The van der Waals surface area contributed by atoms with E-state index in [9.17, 15) is 23.3 Å². The van der Waals surface area contributed by atoms with E-state index in [-0.39, 0.29) is 32.9 Å². The lowest BCUT2D eigenvalue weighted by Crippen LogP contribution is -2.38. The topological polar surface area (TPSA) is 110 Å². The SMILES string of the molecule is CCN(CC(=O)Nc1c(Cl)cccc1Cl)S(=O)(=O)c1cc([N+](=O)[O-])cc(C)c1C. The third-order valence-corrected chi connectivity index (χ3v) is 7.01. The maximum Gasteiger partial charge on any atom is 0.271 e. The van der Waals surface area contributed by atoms with E-state index < -0.39 is 27.4 Å². The van der Waals surface area contributed by atoms with Gasteiger partial charge in [-0.2, -0.15) is 4.31 Å². The first-order valence-electron chi connectivity index (χ1n) is 8.48. The van der Waals surface area contributed by atoms with Crippen LogP contribution in [0.3, 0.4) is 0 Å². The Morgan fingerprint density at radius 2 is 1.79 bits per heavy atom. The molecule has 0 aliphatic carbocycles. The summed E-state index contributed by atoms with van der Waals surface area (Å²) in [4.78, 5) is 22.7. The van der Waals surface area contributed by atoms with Crippen molar-refractivity contribution in [1.29, 1.82) is 0 Å². The van der Waals surface area contributed by atoms with Crippen LogP contribution in [0.15, 0.2) is 35.2 Å². The number of nitro groups is 1. The van der Waals surface area contributed by atoms with Crippen molar-refractivity contribution in [3.63, 3.8) is 0 Å². The Labute approximate surface area is 178 Å². The van der Waals surface area contributed by atoms with Crippen LogP contribution < -0.4 is 5.32 Å². The molecule has 2 aromatic rings. The molecule has 0 fully saturated rings. The van der Waals surface area contributed by atoms with E-state index in [1.54, 1.807) is 26.8 Å². The minimum atomic E-state index is -4.17. The Morgan fingerprint density at radius 1 is 1.21 bits per heavy atom. The molecule has 0 unspecified atom stereocenters. The summed E-state index contributed by atoms with van der Waals surface area (Å²) in [6.07, 6.45) is 0. The van der Waals surface area contributed by atoms with E-state index in [4.69, 9.17) is 23.2 Å². The lowest BCUT2D eigenvalue weighted by molar-refractivity contribution is -0.385. The van der Waals surface area contributed by atoms with Gasteiger partial charge in [0.25, 0.3) is 5.69 Å². The highest BCUT2D eigenvalue weighted by molar-refractivity contribution is 7.89. The number of carbonyl (C=O) groups is 1. The molecule has 8 nitrogen and oxygen atoms in total. The van der Waals surface area contributed by atoms with Gasteiger partial charge in [0.2, 0.25) is 15.9 Å². The summed E-state index contributed by atoms with van der Waals surface area (Å²) in [6, 6.07) is 6.98.